The number of benzene rings is 3. The van der Waals surface area contributed by atoms with Crippen molar-refractivity contribution in [1.82, 2.24) is 10.9 Å². The first kappa shape index (κ1) is 19.0. The van der Waals surface area contributed by atoms with Gasteiger partial charge in [0.25, 0.3) is 0 Å². The van der Waals surface area contributed by atoms with Crippen LogP contribution in [0.25, 0.3) is 0 Å². The van der Waals surface area contributed by atoms with Crippen LogP contribution in [0.3, 0.4) is 0 Å². The molecule has 2 amide bonds. The van der Waals surface area contributed by atoms with Crippen LogP contribution in [0.2, 0.25) is 5.02 Å². The molecule has 5 nitrogen and oxygen atoms in total. The van der Waals surface area contributed by atoms with Crippen molar-refractivity contribution in [1.29, 1.82) is 0 Å². The smallest absolute Gasteiger partial charge is 0.246 e. The number of ether oxygens (including phenoxy) is 1. The molecule has 1 unspecified atom stereocenters. The number of hydrogen-bond acceptors (Lipinski definition) is 3. The Balaban J connectivity index is 1.52. The summed E-state index contributed by atoms with van der Waals surface area (Å²) in [4.78, 5) is 25.2. The van der Waals surface area contributed by atoms with Crippen molar-refractivity contribution in [2.75, 3.05) is 0 Å². The Labute approximate surface area is 173 Å². The fraction of sp³-hybridized carbons (Fsp3) is 0.130. The van der Waals surface area contributed by atoms with Gasteiger partial charge in [-0.05, 0) is 41.8 Å². The number of nitrogens with one attached hydrogen (secondary N) is 2. The lowest BCUT2D eigenvalue weighted by Gasteiger charge is -2.17. The number of hydrogen-bond donors (Lipinski definition) is 2. The molecule has 29 heavy (non-hydrogen) atoms. The van der Waals surface area contributed by atoms with Crippen LogP contribution in [0.15, 0.2) is 72.8 Å². The number of halogens is 1. The third kappa shape index (κ3) is 4.41. The minimum Gasteiger partial charge on any atom is -0.457 e. The van der Waals surface area contributed by atoms with Crippen molar-refractivity contribution in [2.24, 2.45) is 0 Å². The number of para-hydroxylation sites is 1. The molecule has 0 fully saturated rings. The SMILES string of the molecule is O=C(Cc1ccccc1)NNC(=O)C1Cc2ccccc2Oc2ccc(Cl)cc21. The molecule has 0 bridgehead atoms. The number of fused-ring (bicyclic) bond motifs is 2. The topological polar surface area (TPSA) is 67.4 Å². The zero-order valence-electron chi connectivity index (χ0n) is 15.5. The summed E-state index contributed by atoms with van der Waals surface area (Å²) in [6, 6.07) is 22.1. The van der Waals surface area contributed by atoms with Crippen LogP contribution in [-0.2, 0) is 22.4 Å². The van der Waals surface area contributed by atoms with Gasteiger partial charge in [0.05, 0.1) is 12.3 Å². The standard InChI is InChI=1S/C23H19ClN2O3/c24-17-10-11-21-18(14-17)19(13-16-8-4-5-9-20(16)29-21)23(28)26-25-22(27)12-15-6-2-1-3-7-15/h1-11,14,19H,12-13H2,(H,25,27)(H,26,28). The third-order valence-electron chi connectivity index (χ3n) is 4.81. The number of hydrazine groups is 1. The number of amides is 2. The minimum atomic E-state index is -0.552. The predicted octanol–water partition coefficient (Wildman–Crippen LogP) is 4.16. The third-order valence-corrected chi connectivity index (χ3v) is 5.05. The molecule has 0 aliphatic carbocycles. The van der Waals surface area contributed by atoms with Gasteiger partial charge in [0.15, 0.2) is 0 Å². The molecule has 1 aliphatic heterocycles. The molecule has 0 spiro atoms. The maximum atomic E-state index is 13.0. The van der Waals surface area contributed by atoms with Crippen molar-refractivity contribution < 1.29 is 14.3 Å². The fourth-order valence-electron chi connectivity index (χ4n) is 3.38. The van der Waals surface area contributed by atoms with E-state index in [1.54, 1.807) is 18.2 Å². The van der Waals surface area contributed by atoms with E-state index in [0.717, 1.165) is 11.1 Å². The van der Waals surface area contributed by atoms with Gasteiger partial charge in [-0.3, -0.25) is 20.4 Å². The molecule has 2 N–H and O–H groups in total. The maximum absolute atomic E-state index is 13.0. The van der Waals surface area contributed by atoms with Crippen LogP contribution in [-0.4, -0.2) is 11.8 Å². The van der Waals surface area contributed by atoms with E-state index in [-0.39, 0.29) is 18.2 Å². The highest BCUT2D eigenvalue weighted by Crippen LogP contribution is 2.40. The van der Waals surface area contributed by atoms with E-state index in [9.17, 15) is 9.59 Å². The van der Waals surface area contributed by atoms with Gasteiger partial charge in [0.1, 0.15) is 11.5 Å². The van der Waals surface area contributed by atoms with Crippen LogP contribution in [0.4, 0.5) is 0 Å². The summed E-state index contributed by atoms with van der Waals surface area (Å²) in [5.41, 5.74) is 7.53. The van der Waals surface area contributed by atoms with Crippen molar-refractivity contribution in [2.45, 2.75) is 18.8 Å². The first-order valence-electron chi connectivity index (χ1n) is 9.28. The molecular weight excluding hydrogens is 388 g/mol. The maximum Gasteiger partial charge on any atom is 0.246 e. The molecule has 146 valence electrons. The largest absolute Gasteiger partial charge is 0.457 e. The average molecular weight is 407 g/mol. The Hall–Kier alpha value is -3.31. The van der Waals surface area contributed by atoms with Gasteiger partial charge in [0.2, 0.25) is 11.8 Å². The molecule has 0 radical (unpaired) electrons. The number of carbonyl (C=O) groups is 2. The monoisotopic (exact) mass is 406 g/mol. The quantitative estimate of drug-likeness (QED) is 0.642. The van der Waals surface area contributed by atoms with Gasteiger partial charge < -0.3 is 4.74 Å². The molecule has 1 heterocycles. The van der Waals surface area contributed by atoms with Crippen LogP contribution >= 0.6 is 11.6 Å². The summed E-state index contributed by atoms with van der Waals surface area (Å²) in [6.45, 7) is 0. The van der Waals surface area contributed by atoms with E-state index in [2.05, 4.69) is 10.9 Å². The Morgan fingerprint density at radius 1 is 0.931 bits per heavy atom. The second kappa shape index (κ2) is 8.37. The Kier molecular flexibility index (Phi) is 5.49. The zero-order chi connectivity index (χ0) is 20.2. The second-order valence-electron chi connectivity index (χ2n) is 6.85. The van der Waals surface area contributed by atoms with Crippen LogP contribution in [0.5, 0.6) is 11.5 Å². The molecule has 0 saturated carbocycles. The lowest BCUT2D eigenvalue weighted by atomic mass is 9.91. The van der Waals surface area contributed by atoms with Crippen molar-refractivity contribution >= 4 is 23.4 Å². The lowest BCUT2D eigenvalue weighted by Crippen LogP contribution is -2.44. The highest BCUT2D eigenvalue weighted by Gasteiger charge is 2.29. The molecular formula is C23H19ClN2O3. The van der Waals surface area contributed by atoms with Gasteiger partial charge in [-0.25, -0.2) is 0 Å². The summed E-state index contributed by atoms with van der Waals surface area (Å²) >= 11 is 6.17. The highest BCUT2D eigenvalue weighted by molar-refractivity contribution is 6.30. The summed E-state index contributed by atoms with van der Waals surface area (Å²) in [7, 11) is 0. The molecule has 0 aromatic heterocycles. The van der Waals surface area contributed by atoms with E-state index in [4.69, 9.17) is 16.3 Å². The van der Waals surface area contributed by atoms with Gasteiger partial charge in [-0.2, -0.15) is 0 Å². The Morgan fingerprint density at radius 2 is 1.69 bits per heavy atom. The highest BCUT2D eigenvalue weighted by atomic mass is 35.5. The molecule has 3 aromatic rings. The number of carbonyl (C=O) groups excluding carboxylic acids is 2. The molecule has 6 heteroatoms. The average Bonchev–Trinajstić information content (AvgIpc) is 2.89. The summed E-state index contributed by atoms with van der Waals surface area (Å²) in [5.74, 6) is 0.121. The van der Waals surface area contributed by atoms with Crippen molar-refractivity contribution in [3.63, 3.8) is 0 Å². The Morgan fingerprint density at radius 3 is 2.52 bits per heavy atom. The summed E-state index contributed by atoms with van der Waals surface area (Å²) < 4.78 is 6.02. The predicted molar refractivity (Wildman–Crippen MR) is 111 cm³/mol. The van der Waals surface area contributed by atoms with E-state index in [1.165, 1.54) is 0 Å². The van der Waals surface area contributed by atoms with Crippen molar-refractivity contribution in [3.8, 4) is 11.5 Å². The van der Waals surface area contributed by atoms with Gasteiger partial charge in [-0.1, -0.05) is 60.1 Å². The van der Waals surface area contributed by atoms with Gasteiger partial charge >= 0.3 is 0 Å². The second-order valence-corrected chi connectivity index (χ2v) is 7.28. The van der Waals surface area contributed by atoms with Gasteiger partial charge in [-0.15, -0.1) is 0 Å². The molecule has 4 rings (SSSR count). The normalized spacial score (nSPS) is 14.6. The lowest BCUT2D eigenvalue weighted by molar-refractivity contribution is -0.129. The minimum absolute atomic E-state index is 0.181. The first-order chi connectivity index (χ1) is 14.1. The molecule has 3 aromatic carbocycles. The van der Waals surface area contributed by atoms with E-state index in [0.29, 0.717) is 28.5 Å². The van der Waals surface area contributed by atoms with Crippen LogP contribution < -0.4 is 15.6 Å². The molecule has 1 atom stereocenters. The van der Waals surface area contributed by atoms with Crippen LogP contribution in [0.1, 0.15) is 22.6 Å². The fourth-order valence-corrected chi connectivity index (χ4v) is 3.56. The van der Waals surface area contributed by atoms with E-state index in [1.807, 2.05) is 54.6 Å². The van der Waals surface area contributed by atoms with Crippen molar-refractivity contribution in [3.05, 3.63) is 94.5 Å². The van der Waals surface area contributed by atoms with E-state index < -0.39 is 5.92 Å². The van der Waals surface area contributed by atoms with E-state index >= 15 is 0 Å². The summed E-state index contributed by atoms with van der Waals surface area (Å²) in [5, 5.41) is 0.518. The zero-order valence-corrected chi connectivity index (χ0v) is 16.3. The Bertz CT molecular complexity index is 1050. The molecule has 0 saturated heterocycles. The van der Waals surface area contributed by atoms with Gasteiger partial charge in [0, 0.05) is 10.6 Å². The number of rotatable bonds is 3. The molecule has 1 aliphatic rings. The van der Waals surface area contributed by atoms with Crippen LogP contribution in [0, 0.1) is 0 Å². The summed E-state index contributed by atoms with van der Waals surface area (Å²) in [6.07, 6.45) is 0.615. The first-order valence-corrected chi connectivity index (χ1v) is 9.66.